The van der Waals surface area contributed by atoms with Crippen molar-refractivity contribution in [3.05, 3.63) is 30.1 Å². The van der Waals surface area contributed by atoms with Gasteiger partial charge >= 0.3 is 0 Å². The highest BCUT2D eigenvalue weighted by molar-refractivity contribution is 5.07. The van der Waals surface area contributed by atoms with Crippen molar-refractivity contribution in [1.29, 1.82) is 0 Å². The minimum atomic E-state index is 0.570. The van der Waals surface area contributed by atoms with Crippen LogP contribution in [0.15, 0.2) is 24.5 Å². The molecular weight excluding hydrogens is 172 g/mol. The van der Waals surface area contributed by atoms with Gasteiger partial charge in [0.2, 0.25) is 0 Å². The van der Waals surface area contributed by atoms with Crippen LogP contribution in [0.3, 0.4) is 0 Å². The summed E-state index contributed by atoms with van der Waals surface area (Å²) in [6, 6.07) is 4.65. The average molecular weight is 192 g/mol. The van der Waals surface area contributed by atoms with Crippen LogP contribution >= 0.6 is 0 Å². The summed E-state index contributed by atoms with van der Waals surface area (Å²) in [5, 5.41) is 3.51. The molecule has 0 saturated carbocycles. The van der Waals surface area contributed by atoms with Crippen LogP contribution in [0.2, 0.25) is 0 Å². The Kier molecular flexibility index (Phi) is 4.60. The van der Waals surface area contributed by atoms with E-state index >= 15 is 0 Å². The van der Waals surface area contributed by atoms with E-state index < -0.39 is 0 Å². The lowest BCUT2D eigenvalue weighted by atomic mass is 10.0. The third-order valence-corrected chi connectivity index (χ3v) is 2.85. The maximum absolute atomic E-state index is 4.09. The van der Waals surface area contributed by atoms with Crippen LogP contribution in [-0.4, -0.2) is 11.0 Å². The van der Waals surface area contributed by atoms with Gasteiger partial charge in [0.1, 0.15) is 0 Å². The minimum absolute atomic E-state index is 0.570. The zero-order valence-corrected chi connectivity index (χ0v) is 9.33. The van der Waals surface area contributed by atoms with Gasteiger partial charge in [-0.25, -0.2) is 0 Å². The number of pyridine rings is 1. The molecule has 0 amide bonds. The zero-order chi connectivity index (χ0) is 10.4. The monoisotopic (exact) mass is 192 g/mol. The van der Waals surface area contributed by atoms with Gasteiger partial charge in [-0.3, -0.25) is 4.98 Å². The fourth-order valence-corrected chi connectivity index (χ4v) is 1.34. The van der Waals surface area contributed by atoms with Crippen LogP contribution in [-0.2, 0) is 6.54 Å². The van der Waals surface area contributed by atoms with Crippen LogP contribution in [0.25, 0.3) is 0 Å². The molecule has 0 aliphatic carbocycles. The Morgan fingerprint density at radius 2 is 2.21 bits per heavy atom. The zero-order valence-electron chi connectivity index (χ0n) is 9.33. The topological polar surface area (TPSA) is 24.9 Å². The third-order valence-electron chi connectivity index (χ3n) is 2.85. The highest BCUT2D eigenvalue weighted by atomic mass is 14.9. The first kappa shape index (κ1) is 11.2. The number of rotatable bonds is 5. The summed E-state index contributed by atoms with van der Waals surface area (Å²) in [6.45, 7) is 7.66. The summed E-state index contributed by atoms with van der Waals surface area (Å²) in [5.74, 6) is 0.728. The highest BCUT2D eigenvalue weighted by Crippen LogP contribution is 2.07. The van der Waals surface area contributed by atoms with E-state index in [9.17, 15) is 0 Å². The lowest BCUT2D eigenvalue weighted by Gasteiger charge is -2.19. The Hall–Kier alpha value is -0.890. The molecule has 1 N–H and O–H groups in total. The number of hydrogen-bond acceptors (Lipinski definition) is 2. The predicted octanol–water partition coefficient (Wildman–Crippen LogP) is 2.61. The third kappa shape index (κ3) is 3.46. The molecule has 0 unspecified atom stereocenters. The smallest absolute Gasteiger partial charge is 0.0312 e. The molecule has 0 radical (unpaired) electrons. The molecule has 0 saturated heterocycles. The van der Waals surface area contributed by atoms with Crippen molar-refractivity contribution < 1.29 is 0 Å². The van der Waals surface area contributed by atoms with Gasteiger partial charge in [0.05, 0.1) is 0 Å². The second-order valence-corrected chi connectivity index (χ2v) is 3.92. The molecule has 1 aromatic rings. The van der Waals surface area contributed by atoms with E-state index in [0.717, 1.165) is 12.5 Å². The molecular formula is C12H20N2. The summed E-state index contributed by atoms with van der Waals surface area (Å²) in [5.41, 5.74) is 1.25. The quantitative estimate of drug-likeness (QED) is 0.775. The summed E-state index contributed by atoms with van der Waals surface area (Å²) in [6.07, 6.45) is 4.94. The van der Waals surface area contributed by atoms with Crippen LogP contribution in [0.4, 0.5) is 0 Å². The lowest BCUT2D eigenvalue weighted by Crippen LogP contribution is -2.31. The number of nitrogens with zero attached hydrogens (tertiary/aromatic N) is 1. The van der Waals surface area contributed by atoms with E-state index in [1.807, 2.05) is 18.5 Å². The van der Waals surface area contributed by atoms with E-state index in [-0.39, 0.29) is 0 Å². The van der Waals surface area contributed by atoms with Gasteiger partial charge in [0, 0.05) is 25.0 Å². The molecule has 0 bridgehead atoms. The highest BCUT2D eigenvalue weighted by Gasteiger charge is 2.08. The van der Waals surface area contributed by atoms with Crippen molar-refractivity contribution >= 4 is 0 Å². The molecule has 0 aliphatic rings. The predicted molar refractivity (Wildman–Crippen MR) is 60.0 cm³/mol. The molecule has 0 aromatic carbocycles. The number of hydrogen-bond donors (Lipinski definition) is 1. The van der Waals surface area contributed by atoms with Gasteiger partial charge in [-0.2, -0.15) is 0 Å². The Morgan fingerprint density at radius 1 is 1.43 bits per heavy atom. The van der Waals surface area contributed by atoms with Crippen LogP contribution in [0, 0.1) is 5.92 Å². The molecule has 2 heteroatoms. The molecule has 1 aromatic heterocycles. The van der Waals surface area contributed by atoms with Crippen molar-refractivity contribution in [1.82, 2.24) is 10.3 Å². The Bertz CT molecular complexity index is 246. The maximum Gasteiger partial charge on any atom is 0.0312 e. The Morgan fingerprint density at radius 3 is 2.79 bits per heavy atom. The van der Waals surface area contributed by atoms with E-state index in [4.69, 9.17) is 0 Å². The largest absolute Gasteiger partial charge is 0.310 e. The van der Waals surface area contributed by atoms with Crippen LogP contribution < -0.4 is 5.32 Å². The van der Waals surface area contributed by atoms with E-state index in [2.05, 4.69) is 37.1 Å². The van der Waals surface area contributed by atoms with Crippen molar-refractivity contribution in [3.63, 3.8) is 0 Å². The van der Waals surface area contributed by atoms with Gasteiger partial charge in [0.25, 0.3) is 0 Å². The number of nitrogens with one attached hydrogen (secondary N) is 1. The molecule has 14 heavy (non-hydrogen) atoms. The standard InChI is InChI=1S/C12H20N2/c1-4-10(2)11(3)14-9-12-6-5-7-13-8-12/h5-8,10-11,14H,4,9H2,1-3H3/t10-,11-/m1/s1. The first-order chi connectivity index (χ1) is 6.74. The summed E-state index contributed by atoms with van der Waals surface area (Å²) in [7, 11) is 0. The summed E-state index contributed by atoms with van der Waals surface area (Å²) < 4.78 is 0. The molecule has 2 nitrogen and oxygen atoms in total. The van der Waals surface area contributed by atoms with E-state index in [1.54, 1.807) is 0 Å². The second-order valence-electron chi connectivity index (χ2n) is 3.92. The first-order valence-corrected chi connectivity index (χ1v) is 5.36. The normalized spacial score (nSPS) is 15.1. The van der Waals surface area contributed by atoms with Gasteiger partial charge in [-0.15, -0.1) is 0 Å². The molecule has 2 atom stereocenters. The fourth-order valence-electron chi connectivity index (χ4n) is 1.34. The molecule has 1 rings (SSSR count). The summed E-state index contributed by atoms with van der Waals surface area (Å²) in [4.78, 5) is 4.09. The maximum atomic E-state index is 4.09. The first-order valence-electron chi connectivity index (χ1n) is 5.36. The minimum Gasteiger partial charge on any atom is -0.310 e. The lowest BCUT2D eigenvalue weighted by molar-refractivity contribution is 0.389. The summed E-state index contributed by atoms with van der Waals surface area (Å²) >= 11 is 0. The van der Waals surface area contributed by atoms with Gasteiger partial charge in [-0.05, 0) is 24.5 Å². The Balaban J connectivity index is 2.34. The van der Waals surface area contributed by atoms with Crippen LogP contribution in [0.5, 0.6) is 0 Å². The van der Waals surface area contributed by atoms with E-state index in [0.29, 0.717) is 6.04 Å². The second kappa shape index (κ2) is 5.76. The van der Waals surface area contributed by atoms with Gasteiger partial charge in [0.15, 0.2) is 0 Å². The van der Waals surface area contributed by atoms with Crippen molar-refractivity contribution in [2.75, 3.05) is 0 Å². The van der Waals surface area contributed by atoms with Gasteiger partial charge < -0.3 is 5.32 Å². The Labute approximate surface area is 86.8 Å². The van der Waals surface area contributed by atoms with Gasteiger partial charge in [-0.1, -0.05) is 26.3 Å². The van der Waals surface area contributed by atoms with Crippen LogP contribution in [0.1, 0.15) is 32.8 Å². The molecule has 0 spiro atoms. The molecule has 1 heterocycles. The SMILES string of the molecule is CC[C@@H](C)[C@@H](C)NCc1cccnc1. The average Bonchev–Trinajstić information content (AvgIpc) is 2.26. The molecule has 0 fully saturated rings. The molecule has 78 valence electrons. The van der Waals surface area contributed by atoms with Crippen molar-refractivity contribution in [2.45, 2.75) is 39.8 Å². The van der Waals surface area contributed by atoms with Crippen molar-refractivity contribution in [2.24, 2.45) is 5.92 Å². The fraction of sp³-hybridized carbons (Fsp3) is 0.583. The number of aromatic nitrogens is 1. The van der Waals surface area contributed by atoms with Crippen molar-refractivity contribution in [3.8, 4) is 0 Å². The van der Waals surface area contributed by atoms with E-state index in [1.165, 1.54) is 12.0 Å². The molecule has 0 aliphatic heterocycles.